The number of alkyl halides is 3. The zero-order chi connectivity index (χ0) is 12.6. The molecule has 0 saturated heterocycles. The molecule has 0 bridgehead atoms. The third kappa shape index (κ3) is 2.49. The lowest BCUT2D eigenvalue weighted by molar-refractivity contribution is -0.136. The molecule has 1 N–H and O–H groups in total. The van der Waals surface area contributed by atoms with Crippen LogP contribution in [-0.4, -0.2) is 20.7 Å². The van der Waals surface area contributed by atoms with Crippen LogP contribution in [-0.2, 0) is 6.54 Å². The molecule has 0 atom stereocenters. The van der Waals surface area contributed by atoms with Crippen LogP contribution in [0, 0.1) is 11.7 Å². The van der Waals surface area contributed by atoms with Crippen molar-refractivity contribution in [3.8, 4) is 0 Å². The molecule has 0 spiro atoms. The summed E-state index contributed by atoms with van der Waals surface area (Å²) < 4.78 is 38.2. The van der Waals surface area contributed by atoms with Crippen LogP contribution in [0.2, 0.25) is 0 Å². The quantitative estimate of drug-likeness (QED) is 0.841. The fraction of sp³-hybridized carbons (Fsp3) is 0.400. The van der Waals surface area contributed by atoms with Crippen LogP contribution in [0.3, 0.4) is 0 Å². The second-order valence-electron chi connectivity index (χ2n) is 3.77. The Morgan fingerprint density at radius 2 is 2.18 bits per heavy atom. The number of halogens is 3. The van der Waals surface area contributed by atoms with Gasteiger partial charge in [0, 0.05) is 12.7 Å². The molecule has 3 nitrogen and oxygen atoms in total. The largest absolute Gasteiger partial charge is 0.390 e. The second kappa shape index (κ2) is 4.14. The number of rotatable bonds is 2. The Morgan fingerprint density at radius 3 is 2.82 bits per heavy atom. The van der Waals surface area contributed by atoms with E-state index in [-0.39, 0.29) is 11.3 Å². The van der Waals surface area contributed by atoms with Gasteiger partial charge in [0.2, 0.25) is 0 Å². The van der Waals surface area contributed by atoms with Gasteiger partial charge in [0.25, 0.3) is 0 Å². The Labute approximate surface area is 100 Å². The van der Waals surface area contributed by atoms with Gasteiger partial charge in [0.15, 0.2) is 10.4 Å². The van der Waals surface area contributed by atoms with E-state index in [1.54, 1.807) is 12.3 Å². The summed E-state index contributed by atoms with van der Waals surface area (Å²) in [5.41, 5.74) is 2.07. The van der Waals surface area contributed by atoms with E-state index < -0.39 is 12.6 Å². The van der Waals surface area contributed by atoms with E-state index in [4.69, 9.17) is 12.2 Å². The molecular formula is C10H10F3N3S. The number of fused-ring (bicyclic) bond motifs is 1. The summed E-state index contributed by atoms with van der Waals surface area (Å²) in [6.07, 6.45) is -3.55. The Kier molecular flexibility index (Phi) is 2.94. The van der Waals surface area contributed by atoms with Crippen LogP contribution in [0.4, 0.5) is 13.2 Å². The van der Waals surface area contributed by atoms with Crippen LogP contribution in [0.1, 0.15) is 12.0 Å². The minimum Gasteiger partial charge on any atom is -0.329 e. The zero-order valence-corrected chi connectivity index (χ0v) is 9.82. The Bertz CT molecular complexity index is 597. The van der Waals surface area contributed by atoms with Gasteiger partial charge < -0.3 is 9.55 Å². The maximum atomic E-state index is 12.2. The highest BCUT2D eigenvalue weighted by molar-refractivity contribution is 7.71. The third-order valence-corrected chi connectivity index (χ3v) is 2.81. The minimum absolute atomic E-state index is 0.210. The molecule has 92 valence electrons. The van der Waals surface area contributed by atoms with Gasteiger partial charge in [-0.1, -0.05) is 0 Å². The van der Waals surface area contributed by atoms with Crippen molar-refractivity contribution in [2.45, 2.75) is 26.1 Å². The first-order chi connectivity index (χ1) is 7.88. The van der Waals surface area contributed by atoms with E-state index in [0.29, 0.717) is 11.2 Å². The molecule has 0 saturated carbocycles. The summed E-state index contributed by atoms with van der Waals surface area (Å²) >= 11 is 5.00. The molecule has 0 amide bonds. The van der Waals surface area contributed by atoms with E-state index in [0.717, 1.165) is 5.56 Å². The van der Waals surface area contributed by atoms with Crippen molar-refractivity contribution in [1.82, 2.24) is 14.5 Å². The number of nitrogens with zero attached hydrogens (tertiary/aromatic N) is 2. The van der Waals surface area contributed by atoms with Crippen molar-refractivity contribution >= 4 is 23.4 Å². The van der Waals surface area contributed by atoms with E-state index in [9.17, 15) is 13.2 Å². The Balaban J connectivity index is 2.44. The van der Waals surface area contributed by atoms with Crippen LogP contribution in [0.15, 0.2) is 12.3 Å². The van der Waals surface area contributed by atoms with Crippen molar-refractivity contribution in [3.63, 3.8) is 0 Å². The van der Waals surface area contributed by atoms with Crippen molar-refractivity contribution in [2.24, 2.45) is 0 Å². The predicted octanol–water partition coefficient (Wildman–Crippen LogP) is 3.35. The molecule has 0 aliphatic heterocycles. The maximum Gasteiger partial charge on any atom is 0.390 e. The number of hydrogen-bond acceptors (Lipinski definition) is 2. The lowest BCUT2D eigenvalue weighted by Gasteiger charge is -2.07. The van der Waals surface area contributed by atoms with Gasteiger partial charge in [-0.3, -0.25) is 0 Å². The van der Waals surface area contributed by atoms with E-state index >= 15 is 0 Å². The molecule has 2 aromatic rings. The highest BCUT2D eigenvalue weighted by Gasteiger charge is 2.27. The molecule has 0 aliphatic carbocycles. The average molecular weight is 261 g/mol. The predicted molar refractivity (Wildman–Crippen MR) is 60.3 cm³/mol. The van der Waals surface area contributed by atoms with E-state index in [2.05, 4.69) is 9.97 Å². The number of imidazole rings is 1. The van der Waals surface area contributed by atoms with Crippen LogP contribution in [0.5, 0.6) is 0 Å². The van der Waals surface area contributed by atoms with Crippen molar-refractivity contribution in [1.29, 1.82) is 0 Å². The van der Waals surface area contributed by atoms with E-state index in [1.807, 2.05) is 6.92 Å². The monoisotopic (exact) mass is 261 g/mol. The molecule has 2 aromatic heterocycles. The smallest absolute Gasteiger partial charge is 0.329 e. The summed E-state index contributed by atoms with van der Waals surface area (Å²) in [5, 5.41) is 0. The first-order valence-electron chi connectivity index (χ1n) is 4.99. The molecule has 0 unspecified atom stereocenters. The molecule has 7 heteroatoms. The van der Waals surface area contributed by atoms with E-state index in [1.165, 1.54) is 4.57 Å². The molecule has 2 heterocycles. The van der Waals surface area contributed by atoms with Gasteiger partial charge in [-0.2, -0.15) is 13.2 Å². The van der Waals surface area contributed by atoms with Gasteiger partial charge in [0.1, 0.15) is 0 Å². The molecule has 0 fully saturated rings. The highest BCUT2D eigenvalue weighted by atomic mass is 32.1. The SMILES string of the molecule is Cc1ccnc2c1[nH]c(=S)n2CCC(F)(F)F. The Hall–Kier alpha value is -1.37. The number of nitrogens with one attached hydrogen (secondary N) is 1. The fourth-order valence-electron chi connectivity index (χ4n) is 1.62. The summed E-state index contributed by atoms with van der Waals surface area (Å²) in [6, 6.07) is 1.78. The van der Waals surface area contributed by atoms with Crippen LogP contribution in [0.25, 0.3) is 11.2 Å². The number of aryl methyl sites for hydroxylation is 2. The first kappa shape index (κ1) is 12.1. The van der Waals surface area contributed by atoms with Crippen molar-refractivity contribution in [3.05, 3.63) is 22.6 Å². The molecule has 0 aliphatic rings. The van der Waals surface area contributed by atoms with Gasteiger partial charge in [-0.25, -0.2) is 4.98 Å². The lowest BCUT2D eigenvalue weighted by atomic mass is 10.3. The highest BCUT2D eigenvalue weighted by Crippen LogP contribution is 2.22. The second-order valence-corrected chi connectivity index (χ2v) is 4.16. The molecule has 0 aromatic carbocycles. The lowest BCUT2D eigenvalue weighted by Crippen LogP contribution is -2.12. The summed E-state index contributed by atoms with van der Waals surface area (Å²) in [6.45, 7) is 1.64. The number of aromatic amines is 1. The molecular weight excluding hydrogens is 251 g/mol. The number of pyridine rings is 1. The zero-order valence-electron chi connectivity index (χ0n) is 9.01. The maximum absolute atomic E-state index is 12.2. The third-order valence-electron chi connectivity index (χ3n) is 2.49. The summed E-state index contributed by atoms with van der Waals surface area (Å²) in [4.78, 5) is 6.94. The van der Waals surface area contributed by atoms with Crippen molar-refractivity contribution in [2.75, 3.05) is 0 Å². The topological polar surface area (TPSA) is 33.6 Å². The fourth-order valence-corrected chi connectivity index (χ4v) is 1.90. The standard InChI is InChI=1S/C10H10F3N3S/c1-6-2-4-14-8-7(6)15-9(17)16(8)5-3-10(11,12)13/h2,4H,3,5H2,1H3,(H,15,17). The van der Waals surface area contributed by atoms with Gasteiger partial charge >= 0.3 is 6.18 Å². The number of H-pyrrole nitrogens is 1. The normalized spacial score (nSPS) is 12.2. The summed E-state index contributed by atoms with van der Waals surface area (Å²) in [5.74, 6) is 0. The summed E-state index contributed by atoms with van der Waals surface area (Å²) in [7, 11) is 0. The number of hydrogen-bond donors (Lipinski definition) is 1. The minimum atomic E-state index is -4.19. The molecule has 2 rings (SSSR count). The van der Waals surface area contributed by atoms with Crippen LogP contribution >= 0.6 is 12.2 Å². The first-order valence-corrected chi connectivity index (χ1v) is 5.40. The molecule has 0 radical (unpaired) electrons. The molecule has 17 heavy (non-hydrogen) atoms. The van der Waals surface area contributed by atoms with Gasteiger partial charge in [-0.05, 0) is 30.8 Å². The van der Waals surface area contributed by atoms with Crippen LogP contribution < -0.4 is 0 Å². The number of aromatic nitrogens is 3. The average Bonchev–Trinajstić information content (AvgIpc) is 2.52. The Morgan fingerprint density at radius 1 is 1.47 bits per heavy atom. The van der Waals surface area contributed by atoms with Gasteiger partial charge in [0.05, 0.1) is 11.9 Å². The van der Waals surface area contributed by atoms with Crippen molar-refractivity contribution < 1.29 is 13.2 Å². The van der Waals surface area contributed by atoms with Gasteiger partial charge in [-0.15, -0.1) is 0 Å².